The van der Waals surface area contributed by atoms with Crippen molar-refractivity contribution in [3.8, 4) is 0 Å². The van der Waals surface area contributed by atoms with E-state index in [1.54, 1.807) is 12.1 Å². The summed E-state index contributed by atoms with van der Waals surface area (Å²) in [6.45, 7) is 7.57. The van der Waals surface area contributed by atoms with Crippen LogP contribution in [0.15, 0.2) is 18.2 Å². The molecule has 1 aliphatic heterocycles. The summed E-state index contributed by atoms with van der Waals surface area (Å²) in [6, 6.07) is 5.50. The van der Waals surface area contributed by atoms with Crippen molar-refractivity contribution in [3.05, 3.63) is 28.8 Å². The van der Waals surface area contributed by atoms with E-state index in [4.69, 9.17) is 21.1 Å². The first-order chi connectivity index (χ1) is 9.85. The lowest BCUT2D eigenvalue weighted by molar-refractivity contribution is 0.0636. The average Bonchev–Trinajstić information content (AvgIpc) is 2.37. The molecule has 2 rings (SSSR count). The van der Waals surface area contributed by atoms with Crippen LogP contribution in [0.1, 0.15) is 32.4 Å². The molecule has 0 aromatic heterocycles. The standard InChI is InChI=1S/C15H21ClN2O3/c1-15(2,3)21-14(19)18-10-4-5-11(12(16)8-10)13-9-20-7-6-17-13/h4-5,8,13,17H,6-7,9H2,1-3H3,(H,18,19). The van der Waals surface area contributed by atoms with Crippen LogP contribution in [0.3, 0.4) is 0 Å². The zero-order valence-electron chi connectivity index (χ0n) is 12.5. The monoisotopic (exact) mass is 312 g/mol. The number of benzene rings is 1. The van der Waals surface area contributed by atoms with Gasteiger partial charge in [0.25, 0.3) is 0 Å². The van der Waals surface area contributed by atoms with E-state index < -0.39 is 11.7 Å². The molecule has 1 aliphatic rings. The molecular weight excluding hydrogens is 292 g/mol. The Morgan fingerprint density at radius 1 is 1.48 bits per heavy atom. The van der Waals surface area contributed by atoms with Gasteiger partial charge in [0.15, 0.2) is 0 Å². The van der Waals surface area contributed by atoms with Gasteiger partial charge in [-0.1, -0.05) is 17.7 Å². The first-order valence-electron chi connectivity index (χ1n) is 6.96. The Bertz CT molecular complexity index is 508. The van der Waals surface area contributed by atoms with Gasteiger partial charge in [-0.2, -0.15) is 0 Å². The van der Waals surface area contributed by atoms with Crippen molar-refractivity contribution < 1.29 is 14.3 Å². The van der Waals surface area contributed by atoms with Crippen LogP contribution >= 0.6 is 11.6 Å². The molecule has 1 unspecified atom stereocenters. The summed E-state index contributed by atoms with van der Waals surface area (Å²) in [6.07, 6.45) is -0.495. The van der Waals surface area contributed by atoms with E-state index in [0.29, 0.717) is 23.9 Å². The minimum atomic E-state index is -0.531. The van der Waals surface area contributed by atoms with E-state index in [1.807, 2.05) is 26.8 Å². The SMILES string of the molecule is CC(C)(C)OC(=O)Nc1ccc(C2COCCN2)c(Cl)c1. The summed E-state index contributed by atoms with van der Waals surface area (Å²) in [4.78, 5) is 11.7. The molecule has 5 nitrogen and oxygen atoms in total. The largest absolute Gasteiger partial charge is 0.444 e. The number of nitrogens with one attached hydrogen (secondary N) is 2. The second-order valence-corrected chi connectivity index (χ2v) is 6.35. The molecule has 1 atom stereocenters. The number of anilines is 1. The Morgan fingerprint density at radius 2 is 2.24 bits per heavy atom. The van der Waals surface area contributed by atoms with Crippen molar-refractivity contribution in [1.29, 1.82) is 0 Å². The summed E-state index contributed by atoms with van der Waals surface area (Å²) in [5, 5.41) is 6.61. The summed E-state index contributed by atoms with van der Waals surface area (Å²) in [5.74, 6) is 0. The van der Waals surface area contributed by atoms with E-state index in [2.05, 4.69) is 10.6 Å². The van der Waals surface area contributed by atoms with E-state index in [9.17, 15) is 4.79 Å². The summed E-state index contributed by atoms with van der Waals surface area (Å²) < 4.78 is 10.6. The number of carbonyl (C=O) groups excluding carboxylic acids is 1. The minimum Gasteiger partial charge on any atom is -0.444 e. The Balaban J connectivity index is 2.03. The van der Waals surface area contributed by atoms with Crippen LogP contribution in [-0.4, -0.2) is 31.5 Å². The average molecular weight is 313 g/mol. The molecule has 1 aromatic rings. The van der Waals surface area contributed by atoms with Crippen molar-refractivity contribution in [2.75, 3.05) is 25.1 Å². The molecule has 0 aliphatic carbocycles. The van der Waals surface area contributed by atoms with Crippen LogP contribution in [0.4, 0.5) is 10.5 Å². The first kappa shape index (κ1) is 16.1. The smallest absolute Gasteiger partial charge is 0.412 e. The number of morpholine rings is 1. The highest BCUT2D eigenvalue weighted by molar-refractivity contribution is 6.31. The number of carbonyl (C=O) groups is 1. The fourth-order valence-corrected chi connectivity index (χ4v) is 2.39. The van der Waals surface area contributed by atoms with Gasteiger partial charge in [0.05, 0.1) is 19.3 Å². The van der Waals surface area contributed by atoms with Crippen molar-refractivity contribution in [2.45, 2.75) is 32.4 Å². The van der Waals surface area contributed by atoms with Crippen LogP contribution < -0.4 is 10.6 Å². The lowest BCUT2D eigenvalue weighted by Gasteiger charge is -2.25. The van der Waals surface area contributed by atoms with Crippen LogP contribution in [0.2, 0.25) is 5.02 Å². The molecule has 116 valence electrons. The number of halogens is 1. The van der Waals surface area contributed by atoms with E-state index in [-0.39, 0.29) is 6.04 Å². The second-order valence-electron chi connectivity index (χ2n) is 5.94. The highest BCUT2D eigenvalue weighted by Crippen LogP contribution is 2.27. The molecule has 0 spiro atoms. The third-order valence-electron chi connectivity index (χ3n) is 2.94. The van der Waals surface area contributed by atoms with Crippen LogP contribution in [-0.2, 0) is 9.47 Å². The first-order valence-corrected chi connectivity index (χ1v) is 7.33. The summed E-state index contributed by atoms with van der Waals surface area (Å²) >= 11 is 6.29. The van der Waals surface area contributed by atoms with Gasteiger partial charge in [-0.15, -0.1) is 0 Å². The summed E-state index contributed by atoms with van der Waals surface area (Å²) in [5.41, 5.74) is 1.04. The zero-order chi connectivity index (χ0) is 15.5. The third kappa shape index (κ3) is 4.88. The number of ether oxygens (including phenoxy) is 2. The quantitative estimate of drug-likeness (QED) is 0.879. The van der Waals surface area contributed by atoms with Gasteiger partial charge in [-0.25, -0.2) is 4.79 Å². The van der Waals surface area contributed by atoms with E-state index in [1.165, 1.54) is 0 Å². The number of rotatable bonds is 2. The molecule has 21 heavy (non-hydrogen) atoms. The molecule has 1 amide bonds. The molecule has 1 saturated heterocycles. The number of hydrogen-bond acceptors (Lipinski definition) is 4. The lowest BCUT2D eigenvalue weighted by Crippen LogP contribution is -2.34. The van der Waals surface area contributed by atoms with Crippen molar-refractivity contribution >= 4 is 23.4 Å². The van der Waals surface area contributed by atoms with E-state index >= 15 is 0 Å². The second kappa shape index (κ2) is 6.64. The minimum absolute atomic E-state index is 0.0850. The van der Waals surface area contributed by atoms with Gasteiger partial charge in [0.1, 0.15) is 5.60 Å². The highest BCUT2D eigenvalue weighted by atomic mass is 35.5. The van der Waals surface area contributed by atoms with Crippen LogP contribution in [0.5, 0.6) is 0 Å². The van der Waals surface area contributed by atoms with Gasteiger partial charge in [0, 0.05) is 17.3 Å². The molecule has 0 bridgehead atoms. The lowest BCUT2D eigenvalue weighted by atomic mass is 10.1. The number of hydrogen-bond donors (Lipinski definition) is 2. The van der Waals surface area contributed by atoms with Gasteiger partial charge in [0.2, 0.25) is 0 Å². The molecule has 6 heteroatoms. The summed E-state index contributed by atoms with van der Waals surface area (Å²) in [7, 11) is 0. The topological polar surface area (TPSA) is 59.6 Å². The maximum Gasteiger partial charge on any atom is 0.412 e. The van der Waals surface area contributed by atoms with Crippen molar-refractivity contribution in [2.24, 2.45) is 0 Å². The fourth-order valence-electron chi connectivity index (χ4n) is 2.07. The highest BCUT2D eigenvalue weighted by Gasteiger charge is 2.19. The number of amides is 1. The molecule has 0 radical (unpaired) electrons. The molecular formula is C15H21ClN2O3. The Labute approximate surface area is 130 Å². The van der Waals surface area contributed by atoms with Gasteiger partial charge in [-0.3, -0.25) is 5.32 Å². The van der Waals surface area contributed by atoms with E-state index in [0.717, 1.165) is 12.1 Å². The maximum atomic E-state index is 11.7. The van der Waals surface area contributed by atoms with Gasteiger partial charge in [-0.05, 0) is 38.5 Å². The molecule has 2 N–H and O–H groups in total. The predicted octanol–water partition coefficient (Wildman–Crippen LogP) is 3.35. The van der Waals surface area contributed by atoms with Gasteiger partial charge < -0.3 is 14.8 Å². The predicted molar refractivity (Wildman–Crippen MR) is 82.9 cm³/mol. The maximum absolute atomic E-state index is 11.7. The Hall–Kier alpha value is -1.30. The molecule has 1 fully saturated rings. The fraction of sp³-hybridized carbons (Fsp3) is 0.533. The Kier molecular flexibility index (Phi) is 5.08. The molecule has 1 aromatic carbocycles. The van der Waals surface area contributed by atoms with Crippen molar-refractivity contribution in [1.82, 2.24) is 5.32 Å². The Morgan fingerprint density at radius 3 is 2.81 bits per heavy atom. The van der Waals surface area contributed by atoms with Crippen molar-refractivity contribution in [3.63, 3.8) is 0 Å². The normalized spacial score (nSPS) is 19.1. The van der Waals surface area contributed by atoms with Gasteiger partial charge >= 0.3 is 6.09 Å². The molecule has 0 saturated carbocycles. The van der Waals surface area contributed by atoms with Crippen LogP contribution in [0, 0.1) is 0 Å². The molecule has 1 heterocycles. The third-order valence-corrected chi connectivity index (χ3v) is 3.27. The van der Waals surface area contributed by atoms with Crippen LogP contribution in [0.25, 0.3) is 0 Å². The zero-order valence-corrected chi connectivity index (χ0v) is 13.3.